The maximum Gasteiger partial charge on any atom is 0.224 e. The maximum absolute atomic E-state index is 12.9. The second-order valence-corrected chi connectivity index (χ2v) is 7.06. The van der Waals surface area contributed by atoms with E-state index in [1.807, 2.05) is 0 Å². The first-order chi connectivity index (χ1) is 14.2. The van der Waals surface area contributed by atoms with Gasteiger partial charge in [-0.3, -0.25) is 9.79 Å². The van der Waals surface area contributed by atoms with Crippen LogP contribution in [0.4, 0.5) is 4.39 Å². The van der Waals surface area contributed by atoms with Crippen molar-refractivity contribution in [1.82, 2.24) is 16.0 Å². The molecule has 2 rings (SSSR count). The van der Waals surface area contributed by atoms with Gasteiger partial charge in [-0.15, -0.1) is 0 Å². The average molecular weight is 409 g/mol. The Morgan fingerprint density at radius 2 is 1.83 bits per heavy atom. The van der Waals surface area contributed by atoms with Gasteiger partial charge in [0.25, 0.3) is 0 Å². The van der Waals surface area contributed by atoms with E-state index in [1.54, 1.807) is 19.2 Å². The van der Waals surface area contributed by atoms with Crippen LogP contribution in [0.25, 0.3) is 0 Å². The van der Waals surface area contributed by atoms with Crippen LogP contribution in [0.2, 0.25) is 0 Å². The number of aliphatic imine (C=N–C) groups is 1. The van der Waals surface area contributed by atoms with Crippen LogP contribution in [0.15, 0.2) is 29.3 Å². The standard InChI is InChI=1S/C21H33FN4O3/c1-23-21(25-9-2-12-29-16-18-7-13-28-14-8-18)26-11-10-24-20(27)15-17-3-5-19(22)6-4-17/h3-6,18H,2,7-16H2,1H3,(H,24,27)(H2,23,25,26). The number of rotatable bonds is 11. The summed E-state index contributed by atoms with van der Waals surface area (Å²) in [5, 5.41) is 9.22. The third kappa shape index (κ3) is 10.2. The Kier molecular flexibility index (Phi) is 11.1. The van der Waals surface area contributed by atoms with Crippen LogP contribution in [0.5, 0.6) is 0 Å². The van der Waals surface area contributed by atoms with E-state index in [0.717, 1.165) is 57.8 Å². The molecule has 0 atom stereocenters. The van der Waals surface area contributed by atoms with Gasteiger partial charge in [0, 0.05) is 53.1 Å². The van der Waals surface area contributed by atoms with Crippen LogP contribution in [-0.4, -0.2) is 65.0 Å². The number of nitrogens with zero attached hydrogens (tertiary/aromatic N) is 1. The zero-order chi connectivity index (χ0) is 20.7. The average Bonchev–Trinajstić information content (AvgIpc) is 2.74. The summed E-state index contributed by atoms with van der Waals surface area (Å²) in [6, 6.07) is 5.95. The molecule has 3 N–H and O–H groups in total. The molecule has 1 aliphatic heterocycles. The highest BCUT2D eigenvalue weighted by Crippen LogP contribution is 2.14. The van der Waals surface area contributed by atoms with E-state index in [2.05, 4.69) is 20.9 Å². The fourth-order valence-electron chi connectivity index (χ4n) is 3.00. The van der Waals surface area contributed by atoms with E-state index in [4.69, 9.17) is 9.47 Å². The quantitative estimate of drug-likeness (QED) is 0.294. The van der Waals surface area contributed by atoms with Crippen molar-refractivity contribution in [2.24, 2.45) is 10.9 Å². The molecule has 1 aliphatic rings. The normalized spacial score (nSPS) is 15.2. The van der Waals surface area contributed by atoms with Gasteiger partial charge in [0.15, 0.2) is 5.96 Å². The Balaban J connectivity index is 1.46. The van der Waals surface area contributed by atoms with E-state index in [-0.39, 0.29) is 18.1 Å². The monoisotopic (exact) mass is 408 g/mol. The second-order valence-electron chi connectivity index (χ2n) is 7.06. The molecule has 0 bridgehead atoms. The van der Waals surface area contributed by atoms with Crippen LogP contribution < -0.4 is 16.0 Å². The van der Waals surface area contributed by atoms with Crippen molar-refractivity contribution in [2.45, 2.75) is 25.7 Å². The Bertz CT molecular complexity index is 619. The highest BCUT2D eigenvalue weighted by Gasteiger charge is 2.13. The molecule has 0 radical (unpaired) electrons. The molecule has 1 aromatic carbocycles. The first-order valence-electron chi connectivity index (χ1n) is 10.3. The highest BCUT2D eigenvalue weighted by molar-refractivity contribution is 5.80. The van der Waals surface area contributed by atoms with Crippen LogP contribution in [0.3, 0.4) is 0 Å². The zero-order valence-corrected chi connectivity index (χ0v) is 17.2. The van der Waals surface area contributed by atoms with Gasteiger partial charge in [0.2, 0.25) is 5.91 Å². The van der Waals surface area contributed by atoms with Gasteiger partial charge in [-0.2, -0.15) is 0 Å². The lowest BCUT2D eigenvalue weighted by Gasteiger charge is -2.21. The van der Waals surface area contributed by atoms with Gasteiger partial charge in [-0.05, 0) is 42.9 Å². The van der Waals surface area contributed by atoms with Crippen LogP contribution >= 0.6 is 0 Å². The molecule has 0 aliphatic carbocycles. The van der Waals surface area contributed by atoms with Crippen LogP contribution in [0.1, 0.15) is 24.8 Å². The van der Waals surface area contributed by atoms with E-state index in [0.29, 0.717) is 25.0 Å². The molecule has 1 aromatic rings. The molecule has 162 valence electrons. The summed E-state index contributed by atoms with van der Waals surface area (Å²) >= 11 is 0. The highest BCUT2D eigenvalue weighted by atomic mass is 19.1. The van der Waals surface area contributed by atoms with Crippen molar-refractivity contribution in [3.63, 3.8) is 0 Å². The number of halogens is 1. The lowest BCUT2D eigenvalue weighted by atomic mass is 10.0. The first kappa shape index (κ1) is 23.1. The van der Waals surface area contributed by atoms with Gasteiger partial charge < -0.3 is 25.4 Å². The first-order valence-corrected chi connectivity index (χ1v) is 10.3. The lowest BCUT2D eigenvalue weighted by Crippen LogP contribution is -2.42. The molecule has 0 unspecified atom stereocenters. The molecule has 1 amide bonds. The summed E-state index contributed by atoms with van der Waals surface area (Å²) in [6.07, 6.45) is 3.32. The molecule has 0 saturated carbocycles. The predicted molar refractivity (Wildman–Crippen MR) is 111 cm³/mol. The van der Waals surface area contributed by atoms with Gasteiger partial charge >= 0.3 is 0 Å². The number of guanidine groups is 1. The van der Waals surface area contributed by atoms with Crippen molar-refractivity contribution in [2.75, 3.05) is 53.1 Å². The molecule has 8 heteroatoms. The summed E-state index contributed by atoms with van der Waals surface area (Å²) in [5.41, 5.74) is 0.786. The molecule has 1 saturated heterocycles. The minimum Gasteiger partial charge on any atom is -0.381 e. The Morgan fingerprint density at radius 3 is 2.55 bits per heavy atom. The van der Waals surface area contributed by atoms with Crippen molar-refractivity contribution in [3.05, 3.63) is 35.6 Å². The number of benzene rings is 1. The van der Waals surface area contributed by atoms with Gasteiger partial charge in [0.1, 0.15) is 5.82 Å². The Hall–Kier alpha value is -2.19. The summed E-state index contributed by atoms with van der Waals surface area (Å²) < 4.78 is 24.0. The number of hydrogen-bond acceptors (Lipinski definition) is 4. The minimum atomic E-state index is -0.303. The number of nitrogens with one attached hydrogen (secondary N) is 3. The molecular weight excluding hydrogens is 375 g/mol. The van der Waals surface area contributed by atoms with Gasteiger partial charge in [-0.25, -0.2) is 4.39 Å². The second kappa shape index (κ2) is 13.9. The number of amides is 1. The smallest absolute Gasteiger partial charge is 0.224 e. The number of hydrogen-bond donors (Lipinski definition) is 3. The van der Waals surface area contributed by atoms with Crippen molar-refractivity contribution >= 4 is 11.9 Å². The number of ether oxygens (including phenoxy) is 2. The summed E-state index contributed by atoms with van der Waals surface area (Å²) in [6.45, 7) is 5.05. The Morgan fingerprint density at radius 1 is 1.14 bits per heavy atom. The zero-order valence-electron chi connectivity index (χ0n) is 17.2. The summed E-state index contributed by atoms with van der Waals surface area (Å²) in [7, 11) is 1.71. The largest absolute Gasteiger partial charge is 0.381 e. The van der Waals surface area contributed by atoms with E-state index in [1.165, 1.54) is 12.1 Å². The minimum absolute atomic E-state index is 0.0944. The molecule has 7 nitrogen and oxygen atoms in total. The van der Waals surface area contributed by atoms with Crippen LogP contribution in [-0.2, 0) is 20.7 Å². The summed E-state index contributed by atoms with van der Waals surface area (Å²) in [5.74, 6) is 0.929. The number of carbonyl (C=O) groups is 1. The Labute approximate surface area is 172 Å². The van der Waals surface area contributed by atoms with E-state index < -0.39 is 0 Å². The van der Waals surface area contributed by atoms with Gasteiger partial charge in [-0.1, -0.05) is 12.1 Å². The third-order valence-corrected chi connectivity index (χ3v) is 4.69. The molecular formula is C21H33FN4O3. The fraction of sp³-hybridized carbons (Fsp3) is 0.619. The third-order valence-electron chi connectivity index (χ3n) is 4.69. The van der Waals surface area contributed by atoms with E-state index in [9.17, 15) is 9.18 Å². The maximum atomic E-state index is 12.9. The predicted octanol–water partition coefficient (Wildman–Crippen LogP) is 1.48. The van der Waals surface area contributed by atoms with Crippen molar-refractivity contribution < 1.29 is 18.7 Å². The molecule has 1 fully saturated rings. The fourth-order valence-corrected chi connectivity index (χ4v) is 3.00. The van der Waals surface area contributed by atoms with Gasteiger partial charge in [0.05, 0.1) is 6.42 Å². The molecule has 29 heavy (non-hydrogen) atoms. The lowest BCUT2D eigenvalue weighted by molar-refractivity contribution is -0.120. The molecule has 0 spiro atoms. The van der Waals surface area contributed by atoms with E-state index >= 15 is 0 Å². The number of carbonyl (C=O) groups excluding carboxylic acids is 1. The van der Waals surface area contributed by atoms with Crippen molar-refractivity contribution in [3.8, 4) is 0 Å². The van der Waals surface area contributed by atoms with Crippen molar-refractivity contribution in [1.29, 1.82) is 0 Å². The summed E-state index contributed by atoms with van der Waals surface area (Å²) in [4.78, 5) is 16.1. The topological polar surface area (TPSA) is 84.0 Å². The molecule has 1 heterocycles. The SMILES string of the molecule is CN=C(NCCCOCC1CCOCC1)NCCNC(=O)Cc1ccc(F)cc1. The van der Waals surface area contributed by atoms with Crippen LogP contribution in [0, 0.1) is 11.7 Å². The molecule has 0 aromatic heterocycles.